The number of ether oxygens (including phenoxy) is 1. The lowest BCUT2D eigenvalue weighted by atomic mass is 10.9. The summed E-state index contributed by atoms with van der Waals surface area (Å²) in [6, 6.07) is 0. The minimum Gasteiger partial charge on any atom is -0.427 e. The van der Waals surface area contributed by atoms with E-state index in [4.69, 9.17) is 5.41 Å². The number of nitrogens with zero attached hydrogens (tertiary/aromatic N) is 1. The molecule has 42 valence electrons. The fourth-order valence-corrected chi connectivity index (χ4v) is 0.778. The molecule has 0 saturated heterocycles. The Hall–Kier alpha value is -0.900. The van der Waals surface area contributed by atoms with Crippen molar-refractivity contribution in [2.24, 2.45) is 0 Å². The molecule has 0 saturated carbocycles. The number of thiazole rings is 1. The van der Waals surface area contributed by atoms with Crippen LogP contribution in [0.2, 0.25) is 0 Å². The summed E-state index contributed by atoms with van der Waals surface area (Å²) in [5.41, 5.74) is 1.65. The second kappa shape index (κ2) is 2.42. The van der Waals surface area contributed by atoms with Gasteiger partial charge in [0.2, 0.25) is 5.88 Å². The van der Waals surface area contributed by atoms with Crippen LogP contribution in [0.4, 0.5) is 0 Å². The summed E-state index contributed by atoms with van der Waals surface area (Å²) < 4.78 is 4.59. The Labute approximate surface area is 50.5 Å². The minimum absolute atomic E-state index is 0.491. The lowest BCUT2D eigenvalue weighted by molar-refractivity contribution is 0.550. The van der Waals surface area contributed by atoms with Gasteiger partial charge in [-0.25, -0.2) is 4.98 Å². The molecule has 0 bridgehead atoms. The van der Waals surface area contributed by atoms with Gasteiger partial charge in [-0.2, -0.15) is 0 Å². The molecule has 1 heterocycles. The van der Waals surface area contributed by atoms with Crippen molar-refractivity contribution in [2.75, 3.05) is 0 Å². The molecule has 0 aliphatic rings. The van der Waals surface area contributed by atoms with Gasteiger partial charge in [-0.05, 0) is 0 Å². The van der Waals surface area contributed by atoms with Crippen LogP contribution < -0.4 is 4.74 Å². The molecule has 1 rings (SSSR count). The molecule has 0 aliphatic heterocycles. The van der Waals surface area contributed by atoms with Crippen molar-refractivity contribution in [3.05, 3.63) is 10.9 Å². The number of rotatable bonds is 2. The van der Waals surface area contributed by atoms with E-state index in [0.717, 1.165) is 6.40 Å². The summed E-state index contributed by atoms with van der Waals surface area (Å²) in [6.45, 7) is 0. The zero-order valence-electron chi connectivity index (χ0n) is 4.00. The third-order valence-electron chi connectivity index (χ3n) is 0.589. The van der Waals surface area contributed by atoms with E-state index in [1.807, 2.05) is 0 Å². The van der Waals surface area contributed by atoms with E-state index in [-0.39, 0.29) is 0 Å². The number of hydrogen-bond donors (Lipinski definition) is 1. The van der Waals surface area contributed by atoms with Gasteiger partial charge in [0.1, 0.15) is 0 Å². The van der Waals surface area contributed by atoms with Gasteiger partial charge in [0, 0.05) is 0 Å². The van der Waals surface area contributed by atoms with Crippen LogP contribution in [0.5, 0.6) is 5.88 Å². The first-order valence-corrected chi connectivity index (χ1v) is 2.91. The highest BCUT2D eigenvalue weighted by atomic mass is 32.1. The molecule has 1 aromatic heterocycles. The molecular weight excluding hydrogens is 124 g/mol. The van der Waals surface area contributed by atoms with E-state index in [9.17, 15) is 0 Å². The summed E-state index contributed by atoms with van der Waals surface area (Å²) in [5.74, 6) is 0.491. The summed E-state index contributed by atoms with van der Waals surface area (Å²) in [4.78, 5) is 3.75. The predicted molar refractivity (Wildman–Crippen MR) is 31.5 cm³/mol. The molecule has 0 radical (unpaired) electrons. The van der Waals surface area contributed by atoms with Crippen LogP contribution in [0, 0.1) is 5.41 Å². The van der Waals surface area contributed by atoms with E-state index in [0.29, 0.717) is 5.88 Å². The van der Waals surface area contributed by atoms with Crippen molar-refractivity contribution < 1.29 is 4.74 Å². The van der Waals surface area contributed by atoms with Crippen molar-refractivity contribution in [1.82, 2.24) is 4.98 Å². The Balaban J connectivity index is 2.62. The molecular formula is C4H4N2OS. The van der Waals surface area contributed by atoms with Crippen molar-refractivity contribution in [3.8, 4) is 5.88 Å². The first kappa shape index (κ1) is 5.24. The standard InChI is InChI=1S/C4H4N2OS/c5-2-7-4-1-8-3-6-4/h1-3,5H. The molecule has 1 aromatic rings. The van der Waals surface area contributed by atoms with Crippen molar-refractivity contribution in [3.63, 3.8) is 0 Å². The summed E-state index contributed by atoms with van der Waals surface area (Å²) >= 11 is 1.44. The van der Waals surface area contributed by atoms with Crippen LogP contribution in [0.1, 0.15) is 0 Å². The number of hydrogen-bond acceptors (Lipinski definition) is 4. The quantitative estimate of drug-likeness (QED) is 0.479. The zero-order valence-corrected chi connectivity index (χ0v) is 4.81. The lowest BCUT2D eigenvalue weighted by Crippen LogP contribution is -1.85. The van der Waals surface area contributed by atoms with Gasteiger partial charge in [0.05, 0.1) is 10.9 Å². The van der Waals surface area contributed by atoms with Crippen LogP contribution in [-0.2, 0) is 0 Å². The fourth-order valence-electron chi connectivity index (χ4n) is 0.320. The van der Waals surface area contributed by atoms with E-state index < -0.39 is 0 Å². The van der Waals surface area contributed by atoms with Crippen molar-refractivity contribution >= 4 is 17.7 Å². The molecule has 8 heavy (non-hydrogen) atoms. The second-order valence-corrected chi connectivity index (χ2v) is 1.78. The van der Waals surface area contributed by atoms with E-state index >= 15 is 0 Å². The maximum absolute atomic E-state index is 6.50. The molecule has 0 spiro atoms. The normalized spacial score (nSPS) is 8.50. The van der Waals surface area contributed by atoms with Gasteiger partial charge in [0.15, 0.2) is 6.40 Å². The highest BCUT2D eigenvalue weighted by molar-refractivity contribution is 7.07. The topological polar surface area (TPSA) is 46.0 Å². The van der Waals surface area contributed by atoms with Gasteiger partial charge >= 0.3 is 0 Å². The first-order chi connectivity index (χ1) is 3.93. The largest absolute Gasteiger partial charge is 0.427 e. The summed E-state index contributed by atoms with van der Waals surface area (Å²) in [5, 5.41) is 8.22. The van der Waals surface area contributed by atoms with Gasteiger partial charge < -0.3 is 4.74 Å². The molecule has 0 aromatic carbocycles. The monoisotopic (exact) mass is 128 g/mol. The van der Waals surface area contributed by atoms with Crippen molar-refractivity contribution in [1.29, 1.82) is 5.41 Å². The van der Waals surface area contributed by atoms with Crippen LogP contribution >= 0.6 is 11.3 Å². The maximum atomic E-state index is 6.50. The molecule has 0 unspecified atom stereocenters. The molecule has 4 heteroatoms. The van der Waals surface area contributed by atoms with Gasteiger partial charge in [-0.3, -0.25) is 5.41 Å². The van der Waals surface area contributed by atoms with E-state index in [2.05, 4.69) is 9.72 Å². The highest BCUT2D eigenvalue weighted by Crippen LogP contribution is 2.07. The SMILES string of the molecule is N=COc1cscn1. The molecule has 0 aliphatic carbocycles. The Morgan fingerprint density at radius 3 is 3.25 bits per heavy atom. The molecule has 0 fully saturated rings. The van der Waals surface area contributed by atoms with Crippen LogP contribution in [0.25, 0.3) is 0 Å². The average molecular weight is 128 g/mol. The summed E-state index contributed by atoms with van der Waals surface area (Å²) in [7, 11) is 0. The van der Waals surface area contributed by atoms with Crippen molar-refractivity contribution in [2.45, 2.75) is 0 Å². The fraction of sp³-hybridized carbons (Fsp3) is 0. The summed E-state index contributed by atoms with van der Waals surface area (Å²) in [6.07, 6.45) is 0.856. The maximum Gasteiger partial charge on any atom is 0.231 e. The van der Waals surface area contributed by atoms with E-state index in [1.165, 1.54) is 11.3 Å². The first-order valence-electron chi connectivity index (χ1n) is 1.97. The molecule has 0 amide bonds. The number of nitrogens with one attached hydrogen (secondary N) is 1. The zero-order chi connectivity index (χ0) is 5.82. The average Bonchev–Trinajstić information content (AvgIpc) is 2.19. The van der Waals surface area contributed by atoms with Gasteiger partial charge in [-0.15, -0.1) is 11.3 Å². The smallest absolute Gasteiger partial charge is 0.231 e. The Morgan fingerprint density at radius 2 is 2.75 bits per heavy atom. The van der Waals surface area contributed by atoms with Crippen LogP contribution in [0.3, 0.4) is 0 Å². The molecule has 1 N–H and O–H groups in total. The molecule has 3 nitrogen and oxygen atoms in total. The van der Waals surface area contributed by atoms with Crippen LogP contribution in [-0.4, -0.2) is 11.4 Å². The van der Waals surface area contributed by atoms with E-state index in [1.54, 1.807) is 10.9 Å². The highest BCUT2D eigenvalue weighted by Gasteiger charge is 1.87. The second-order valence-electron chi connectivity index (χ2n) is 1.06. The Bertz CT molecular complexity index is 161. The predicted octanol–water partition coefficient (Wildman–Crippen LogP) is 1.13. The molecule has 0 atom stereocenters. The third-order valence-corrected chi connectivity index (χ3v) is 1.15. The minimum atomic E-state index is 0.491. The Kier molecular flexibility index (Phi) is 1.58. The number of aromatic nitrogens is 1. The third kappa shape index (κ3) is 1.04. The van der Waals surface area contributed by atoms with Crippen LogP contribution in [0.15, 0.2) is 10.9 Å². The lowest BCUT2D eigenvalue weighted by Gasteiger charge is -1.85. The van der Waals surface area contributed by atoms with Gasteiger partial charge in [-0.1, -0.05) is 0 Å². The Morgan fingerprint density at radius 1 is 1.88 bits per heavy atom. The van der Waals surface area contributed by atoms with Gasteiger partial charge in [0.25, 0.3) is 0 Å².